The Morgan fingerprint density at radius 3 is 2.33 bits per heavy atom. The average Bonchev–Trinajstić information content (AvgIpc) is 2.35. The summed E-state index contributed by atoms with van der Waals surface area (Å²) in [6, 6.07) is 0. The van der Waals surface area contributed by atoms with Gasteiger partial charge in [0.1, 0.15) is 5.78 Å². The highest BCUT2D eigenvalue weighted by Crippen LogP contribution is 2.63. The quantitative estimate of drug-likeness (QED) is 0.520. The fraction of sp³-hybridized carbons (Fsp3) is 0.875. The van der Waals surface area contributed by atoms with Gasteiger partial charge in [0.15, 0.2) is 0 Å². The highest BCUT2D eigenvalue weighted by molar-refractivity contribution is 5.79. The normalized spacial score (nSPS) is 29.9. The van der Waals surface area contributed by atoms with Crippen molar-refractivity contribution in [3.63, 3.8) is 0 Å². The molecule has 0 radical (unpaired) electrons. The predicted molar refractivity (Wildman–Crippen MR) is 35.1 cm³/mol. The summed E-state index contributed by atoms with van der Waals surface area (Å²) in [7, 11) is 0. The zero-order chi connectivity index (χ0) is 6.48. The van der Waals surface area contributed by atoms with E-state index in [9.17, 15) is 4.79 Å². The zero-order valence-corrected chi connectivity index (χ0v) is 5.81. The van der Waals surface area contributed by atoms with Gasteiger partial charge < -0.3 is 0 Å². The Morgan fingerprint density at radius 1 is 1.44 bits per heavy atom. The van der Waals surface area contributed by atoms with Crippen LogP contribution in [0.3, 0.4) is 0 Å². The molecule has 2 fully saturated rings. The Labute approximate surface area is 55.4 Å². The monoisotopic (exact) mass is 124 g/mol. The van der Waals surface area contributed by atoms with Crippen LogP contribution < -0.4 is 0 Å². The minimum atomic E-state index is 0.410. The van der Waals surface area contributed by atoms with Crippen molar-refractivity contribution in [2.24, 2.45) is 11.3 Å². The second-order valence-corrected chi connectivity index (χ2v) is 3.72. The number of Topliss-reactive ketones (excluding diaryl/α,β-unsaturated/α-hetero) is 1. The number of rotatable bonds is 1. The van der Waals surface area contributed by atoms with Crippen LogP contribution in [-0.2, 0) is 4.79 Å². The van der Waals surface area contributed by atoms with Crippen LogP contribution in [0.25, 0.3) is 0 Å². The molecule has 0 bridgehead atoms. The summed E-state index contributed by atoms with van der Waals surface area (Å²) in [5, 5.41) is 0. The minimum absolute atomic E-state index is 0.410. The number of hydrogen-bond acceptors (Lipinski definition) is 1. The summed E-state index contributed by atoms with van der Waals surface area (Å²) >= 11 is 0. The largest absolute Gasteiger partial charge is 0.300 e. The molecule has 0 aromatic carbocycles. The average molecular weight is 124 g/mol. The van der Waals surface area contributed by atoms with Crippen LogP contribution in [0.1, 0.15) is 32.6 Å². The first kappa shape index (κ1) is 5.45. The smallest absolute Gasteiger partial charge is 0.132 e. The topological polar surface area (TPSA) is 17.1 Å². The summed E-state index contributed by atoms with van der Waals surface area (Å²) in [4.78, 5) is 10.7. The van der Waals surface area contributed by atoms with Crippen LogP contribution in [0.4, 0.5) is 0 Å². The maximum absolute atomic E-state index is 10.7. The van der Waals surface area contributed by atoms with Crippen molar-refractivity contribution in [3.8, 4) is 0 Å². The van der Waals surface area contributed by atoms with Gasteiger partial charge in [-0.1, -0.05) is 0 Å². The van der Waals surface area contributed by atoms with Gasteiger partial charge in [0.05, 0.1) is 0 Å². The van der Waals surface area contributed by atoms with Crippen molar-refractivity contribution < 1.29 is 4.79 Å². The van der Waals surface area contributed by atoms with E-state index in [1.54, 1.807) is 6.92 Å². The molecule has 0 aromatic rings. The first-order chi connectivity index (χ1) is 4.22. The molecule has 0 amide bonds. The zero-order valence-electron chi connectivity index (χ0n) is 5.81. The molecule has 1 spiro atoms. The van der Waals surface area contributed by atoms with Crippen molar-refractivity contribution in [2.75, 3.05) is 0 Å². The second-order valence-electron chi connectivity index (χ2n) is 3.72. The van der Waals surface area contributed by atoms with E-state index in [4.69, 9.17) is 0 Å². The lowest BCUT2D eigenvalue weighted by Gasteiger charge is -2.33. The van der Waals surface area contributed by atoms with Crippen LogP contribution in [-0.4, -0.2) is 5.78 Å². The lowest BCUT2D eigenvalue weighted by molar-refractivity contribution is -0.125. The first-order valence-electron chi connectivity index (χ1n) is 3.72. The van der Waals surface area contributed by atoms with Crippen LogP contribution in [0.15, 0.2) is 0 Å². The molecule has 0 aliphatic heterocycles. The Balaban J connectivity index is 1.90. The number of carbonyl (C=O) groups excluding carboxylic acids is 1. The van der Waals surface area contributed by atoms with Gasteiger partial charge >= 0.3 is 0 Å². The Bertz CT molecular complexity index is 148. The van der Waals surface area contributed by atoms with E-state index in [2.05, 4.69) is 0 Å². The Kier molecular flexibility index (Phi) is 0.842. The summed E-state index contributed by atoms with van der Waals surface area (Å²) in [5.41, 5.74) is 0.705. The van der Waals surface area contributed by atoms with Gasteiger partial charge in [-0.15, -0.1) is 0 Å². The fourth-order valence-corrected chi connectivity index (χ4v) is 1.86. The van der Waals surface area contributed by atoms with Crippen molar-refractivity contribution >= 4 is 5.78 Å². The van der Waals surface area contributed by atoms with Gasteiger partial charge in [0, 0.05) is 5.92 Å². The van der Waals surface area contributed by atoms with Gasteiger partial charge in [-0.05, 0) is 38.0 Å². The first-order valence-corrected chi connectivity index (χ1v) is 3.72. The van der Waals surface area contributed by atoms with Crippen molar-refractivity contribution in [2.45, 2.75) is 32.6 Å². The van der Waals surface area contributed by atoms with Gasteiger partial charge in [-0.2, -0.15) is 0 Å². The molecular weight excluding hydrogens is 112 g/mol. The Hall–Kier alpha value is -0.330. The second kappa shape index (κ2) is 1.39. The highest BCUT2D eigenvalue weighted by atomic mass is 16.1. The molecule has 0 unspecified atom stereocenters. The molecule has 2 saturated carbocycles. The lowest BCUT2D eigenvalue weighted by Crippen LogP contribution is -2.30. The number of hydrogen-bond donors (Lipinski definition) is 0. The molecule has 50 valence electrons. The molecule has 2 aliphatic rings. The highest BCUT2D eigenvalue weighted by Gasteiger charge is 2.53. The third-order valence-electron chi connectivity index (χ3n) is 2.89. The standard InChI is InChI=1S/C8H12O/c1-6(9)7-4-8(5-7)2-3-8/h7H,2-5H2,1H3. The molecule has 0 saturated heterocycles. The summed E-state index contributed by atoms with van der Waals surface area (Å²) < 4.78 is 0. The molecule has 0 heterocycles. The van der Waals surface area contributed by atoms with E-state index in [1.165, 1.54) is 25.7 Å². The molecule has 0 aromatic heterocycles. The SMILES string of the molecule is CC(=O)C1CC2(CC2)C1. The minimum Gasteiger partial charge on any atom is -0.300 e. The lowest BCUT2D eigenvalue weighted by atomic mass is 9.70. The molecule has 2 aliphatic carbocycles. The van der Waals surface area contributed by atoms with E-state index in [1.807, 2.05) is 0 Å². The van der Waals surface area contributed by atoms with Gasteiger partial charge in [0.25, 0.3) is 0 Å². The van der Waals surface area contributed by atoms with Crippen molar-refractivity contribution in [1.29, 1.82) is 0 Å². The van der Waals surface area contributed by atoms with Crippen LogP contribution >= 0.6 is 0 Å². The molecule has 2 rings (SSSR count). The van der Waals surface area contributed by atoms with E-state index in [-0.39, 0.29) is 0 Å². The van der Waals surface area contributed by atoms with Crippen LogP contribution in [0.2, 0.25) is 0 Å². The third-order valence-corrected chi connectivity index (χ3v) is 2.89. The predicted octanol–water partition coefficient (Wildman–Crippen LogP) is 1.77. The van der Waals surface area contributed by atoms with Gasteiger partial charge in [-0.25, -0.2) is 0 Å². The van der Waals surface area contributed by atoms with Crippen LogP contribution in [0.5, 0.6) is 0 Å². The van der Waals surface area contributed by atoms with E-state index >= 15 is 0 Å². The van der Waals surface area contributed by atoms with Crippen molar-refractivity contribution in [1.82, 2.24) is 0 Å². The number of ketones is 1. The van der Waals surface area contributed by atoms with E-state index in [0.717, 1.165) is 0 Å². The maximum Gasteiger partial charge on any atom is 0.132 e. The van der Waals surface area contributed by atoms with Gasteiger partial charge in [0.2, 0.25) is 0 Å². The summed E-state index contributed by atoms with van der Waals surface area (Å²) in [5.74, 6) is 0.861. The third kappa shape index (κ3) is 0.707. The molecule has 1 heteroatoms. The van der Waals surface area contributed by atoms with E-state index in [0.29, 0.717) is 17.1 Å². The fourth-order valence-electron chi connectivity index (χ4n) is 1.86. The summed E-state index contributed by atoms with van der Waals surface area (Å²) in [6.07, 6.45) is 5.22. The van der Waals surface area contributed by atoms with Gasteiger partial charge in [-0.3, -0.25) is 4.79 Å². The molecule has 1 nitrogen and oxygen atoms in total. The molecule has 9 heavy (non-hydrogen) atoms. The number of carbonyl (C=O) groups is 1. The molecule has 0 atom stereocenters. The van der Waals surface area contributed by atoms with E-state index < -0.39 is 0 Å². The maximum atomic E-state index is 10.7. The molecular formula is C8H12O. The van der Waals surface area contributed by atoms with Crippen molar-refractivity contribution in [3.05, 3.63) is 0 Å². The summed E-state index contributed by atoms with van der Waals surface area (Å²) in [6.45, 7) is 1.72. The van der Waals surface area contributed by atoms with Crippen LogP contribution in [0, 0.1) is 11.3 Å². The molecule has 0 N–H and O–H groups in total. The Morgan fingerprint density at radius 2 is 2.00 bits per heavy atom.